The first kappa shape index (κ1) is 14.6. The molecule has 0 atom stereocenters. The Bertz CT molecular complexity index is 765. The van der Waals surface area contributed by atoms with Crippen molar-refractivity contribution in [3.63, 3.8) is 0 Å². The number of carbonyl (C=O) groups is 2. The maximum Gasteiger partial charge on any atom is 0.258 e. The van der Waals surface area contributed by atoms with E-state index in [1.165, 1.54) is 18.3 Å². The summed E-state index contributed by atoms with van der Waals surface area (Å²) in [6, 6.07) is 7.74. The zero-order valence-electron chi connectivity index (χ0n) is 10.8. The van der Waals surface area contributed by atoms with Crippen LogP contribution in [0.15, 0.2) is 29.3 Å². The predicted octanol–water partition coefficient (Wildman–Crippen LogP) is 2.04. The average Bonchev–Trinajstić information content (AvgIpc) is 2.75. The highest BCUT2D eigenvalue weighted by Gasteiger charge is 2.07. The number of fused-ring (bicyclic) bond motifs is 1. The summed E-state index contributed by atoms with van der Waals surface area (Å²) in [5.41, 5.74) is 0.959. The summed E-state index contributed by atoms with van der Waals surface area (Å²) in [7, 11) is 0. The highest BCUT2D eigenvalue weighted by atomic mass is 32.2. The van der Waals surface area contributed by atoms with Crippen LogP contribution < -0.4 is 4.80 Å². The largest absolute Gasteiger partial charge is 0.305 e. The first-order chi connectivity index (χ1) is 9.61. The quantitative estimate of drug-likeness (QED) is 0.815. The van der Waals surface area contributed by atoms with Gasteiger partial charge in [0.1, 0.15) is 0 Å². The Balaban J connectivity index is 2.42. The van der Waals surface area contributed by atoms with E-state index in [1.807, 2.05) is 28.8 Å². The third-order valence-corrected chi connectivity index (χ3v) is 4.31. The van der Waals surface area contributed by atoms with E-state index < -0.39 is 0 Å². The molecule has 0 fully saturated rings. The molecule has 0 spiro atoms. The predicted molar refractivity (Wildman–Crippen MR) is 82.4 cm³/mol. The molecule has 0 N–H and O–H groups in total. The van der Waals surface area contributed by atoms with Crippen molar-refractivity contribution in [1.29, 1.82) is 0 Å². The lowest BCUT2D eigenvalue weighted by Gasteiger charge is -1.98. The molecule has 0 bridgehead atoms. The zero-order valence-corrected chi connectivity index (χ0v) is 12.5. The second-order valence-corrected chi connectivity index (χ2v) is 6.09. The van der Waals surface area contributed by atoms with Crippen LogP contribution in [0.2, 0.25) is 0 Å². The number of terminal acetylenes is 1. The Kier molecular flexibility index (Phi) is 4.77. The summed E-state index contributed by atoms with van der Waals surface area (Å²) in [6.07, 6.45) is 5.37. The SMILES string of the molecule is C#CCn1c(=NC(=O)CSC(C)=O)sc2ccccc21. The molecule has 0 saturated carbocycles. The number of benzene rings is 1. The van der Waals surface area contributed by atoms with E-state index in [4.69, 9.17) is 6.42 Å². The van der Waals surface area contributed by atoms with E-state index in [0.29, 0.717) is 11.3 Å². The van der Waals surface area contributed by atoms with E-state index in [0.717, 1.165) is 22.0 Å². The van der Waals surface area contributed by atoms with Gasteiger partial charge in [-0.15, -0.1) is 6.42 Å². The number of hydrogen-bond donors (Lipinski definition) is 0. The standard InChI is InChI=1S/C14H12N2O2S2/c1-3-8-16-11-6-4-5-7-12(11)20-14(16)15-13(18)9-19-10(2)17/h1,4-7H,8-9H2,2H3. The van der Waals surface area contributed by atoms with Crippen LogP contribution >= 0.6 is 23.1 Å². The number of thiazole rings is 1. The zero-order chi connectivity index (χ0) is 14.5. The van der Waals surface area contributed by atoms with Crippen molar-refractivity contribution < 1.29 is 9.59 Å². The lowest BCUT2D eigenvalue weighted by Crippen LogP contribution is -2.17. The van der Waals surface area contributed by atoms with Crippen molar-refractivity contribution in [2.24, 2.45) is 4.99 Å². The second-order valence-electron chi connectivity index (χ2n) is 3.93. The van der Waals surface area contributed by atoms with Crippen molar-refractivity contribution in [2.45, 2.75) is 13.5 Å². The Morgan fingerprint density at radius 2 is 2.20 bits per heavy atom. The number of aromatic nitrogens is 1. The fourth-order valence-corrected chi connectivity index (χ4v) is 3.09. The van der Waals surface area contributed by atoms with Crippen LogP contribution in [0.4, 0.5) is 0 Å². The minimum absolute atomic E-state index is 0.0552. The molecule has 4 nitrogen and oxygen atoms in total. The smallest absolute Gasteiger partial charge is 0.258 e. The highest BCUT2D eigenvalue weighted by Crippen LogP contribution is 2.16. The van der Waals surface area contributed by atoms with Crippen molar-refractivity contribution in [1.82, 2.24) is 4.57 Å². The van der Waals surface area contributed by atoms with E-state index in [-0.39, 0.29) is 16.8 Å². The minimum Gasteiger partial charge on any atom is -0.305 e. The summed E-state index contributed by atoms with van der Waals surface area (Å²) < 4.78 is 2.85. The highest BCUT2D eigenvalue weighted by molar-refractivity contribution is 8.14. The molecular formula is C14H12N2O2S2. The summed E-state index contributed by atoms with van der Waals surface area (Å²) in [5.74, 6) is 2.29. The summed E-state index contributed by atoms with van der Waals surface area (Å²) in [4.78, 5) is 27.2. The van der Waals surface area contributed by atoms with Gasteiger partial charge in [0.25, 0.3) is 5.91 Å². The average molecular weight is 304 g/mol. The van der Waals surface area contributed by atoms with Gasteiger partial charge in [-0.05, 0) is 12.1 Å². The maximum atomic E-state index is 11.8. The van der Waals surface area contributed by atoms with E-state index in [1.54, 1.807) is 0 Å². The fourth-order valence-electron chi connectivity index (χ4n) is 1.65. The van der Waals surface area contributed by atoms with Gasteiger partial charge in [-0.1, -0.05) is 41.2 Å². The lowest BCUT2D eigenvalue weighted by atomic mass is 10.3. The van der Waals surface area contributed by atoms with Gasteiger partial charge in [0.05, 0.1) is 22.5 Å². The number of carbonyl (C=O) groups excluding carboxylic acids is 2. The second kappa shape index (κ2) is 6.55. The van der Waals surface area contributed by atoms with Gasteiger partial charge in [-0.3, -0.25) is 9.59 Å². The topological polar surface area (TPSA) is 51.4 Å². The van der Waals surface area contributed by atoms with E-state index in [9.17, 15) is 9.59 Å². The number of rotatable bonds is 3. The molecule has 0 aliphatic rings. The molecule has 1 amide bonds. The molecule has 0 aliphatic carbocycles. The summed E-state index contributed by atoms with van der Waals surface area (Å²) in [5, 5.41) is -0.0959. The van der Waals surface area contributed by atoms with Gasteiger partial charge in [0.15, 0.2) is 9.92 Å². The Hall–Kier alpha value is -1.84. The van der Waals surface area contributed by atoms with Crippen LogP contribution in [0.1, 0.15) is 6.92 Å². The molecule has 0 saturated heterocycles. The van der Waals surface area contributed by atoms with Crippen LogP contribution in [0, 0.1) is 12.3 Å². The van der Waals surface area contributed by atoms with Crippen LogP contribution in [-0.4, -0.2) is 21.3 Å². The lowest BCUT2D eigenvalue weighted by molar-refractivity contribution is -0.116. The molecule has 1 aromatic heterocycles. The van der Waals surface area contributed by atoms with Gasteiger partial charge in [-0.25, -0.2) is 0 Å². The minimum atomic E-state index is -0.331. The van der Waals surface area contributed by atoms with Gasteiger partial charge in [0.2, 0.25) is 0 Å². The number of hydrogen-bond acceptors (Lipinski definition) is 4. The van der Waals surface area contributed by atoms with Crippen LogP contribution in [0.25, 0.3) is 10.2 Å². The van der Waals surface area contributed by atoms with E-state index in [2.05, 4.69) is 10.9 Å². The molecule has 0 unspecified atom stereocenters. The first-order valence-corrected chi connectivity index (χ1v) is 7.65. The first-order valence-electron chi connectivity index (χ1n) is 5.84. The number of amides is 1. The van der Waals surface area contributed by atoms with Crippen molar-refractivity contribution in [2.75, 3.05) is 5.75 Å². The van der Waals surface area contributed by atoms with Crippen LogP contribution in [0.5, 0.6) is 0 Å². The third-order valence-electron chi connectivity index (χ3n) is 2.46. The van der Waals surface area contributed by atoms with Crippen LogP contribution in [0.3, 0.4) is 0 Å². The third kappa shape index (κ3) is 3.38. The maximum absolute atomic E-state index is 11.8. The molecule has 1 heterocycles. The molecular weight excluding hydrogens is 292 g/mol. The molecule has 2 rings (SSSR count). The molecule has 2 aromatic rings. The van der Waals surface area contributed by atoms with Gasteiger partial charge < -0.3 is 4.57 Å². The summed E-state index contributed by atoms with van der Waals surface area (Å²) >= 11 is 2.37. The number of thioether (sulfide) groups is 1. The van der Waals surface area contributed by atoms with Gasteiger partial charge >= 0.3 is 0 Å². The molecule has 102 valence electrons. The molecule has 20 heavy (non-hydrogen) atoms. The Morgan fingerprint density at radius 3 is 2.90 bits per heavy atom. The van der Waals surface area contributed by atoms with Crippen molar-refractivity contribution in [3.8, 4) is 12.3 Å². The normalized spacial score (nSPS) is 11.5. The van der Waals surface area contributed by atoms with Crippen molar-refractivity contribution >= 4 is 44.3 Å². The Morgan fingerprint density at radius 1 is 1.45 bits per heavy atom. The fraction of sp³-hybridized carbons (Fsp3) is 0.214. The van der Waals surface area contributed by atoms with Crippen LogP contribution in [-0.2, 0) is 16.1 Å². The van der Waals surface area contributed by atoms with Crippen molar-refractivity contribution in [3.05, 3.63) is 29.1 Å². The monoisotopic (exact) mass is 304 g/mol. The Labute approximate surface area is 124 Å². The van der Waals surface area contributed by atoms with E-state index >= 15 is 0 Å². The molecule has 6 heteroatoms. The molecule has 0 aliphatic heterocycles. The molecule has 1 aromatic carbocycles. The van der Waals surface area contributed by atoms with Gasteiger partial charge in [-0.2, -0.15) is 4.99 Å². The number of nitrogens with zero attached hydrogens (tertiary/aromatic N) is 2. The summed E-state index contributed by atoms with van der Waals surface area (Å²) in [6.45, 7) is 1.78. The number of para-hydroxylation sites is 1. The molecule has 0 radical (unpaired) electrons. The van der Waals surface area contributed by atoms with Gasteiger partial charge in [0, 0.05) is 6.92 Å².